The summed E-state index contributed by atoms with van der Waals surface area (Å²) in [6.45, 7) is 1.84. The van der Waals surface area contributed by atoms with Gasteiger partial charge in [0.15, 0.2) is 11.6 Å². The van der Waals surface area contributed by atoms with Crippen LogP contribution in [0.3, 0.4) is 0 Å². The van der Waals surface area contributed by atoms with Crippen LogP contribution in [0.2, 0.25) is 0 Å². The molecule has 126 valence electrons. The van der Waals surface area contributed by atoms with E-state index < -0.39 is 5.82 Å². The van der Waals surface area contributed by atoms with Crippen LogP contribution in [-0.2, 0) is 4.79 Å². The van der Waals surface area contributed by atoms with Gasteiger partial charge in [0.25, 0.3) is 0 Å². The molecule has 0 bridgehead atoms. The Morgan fingerprint density at radius 1 is 1.30 bits per heavy atom. The molecular formula is C16H22FN3O3. The molecule has 0 saturated carbocycles. The summed E-state index contributed by atoms with van der Waals surface area (Å²) >= 11 is 0. The molecule has 1 saturated heterocycles. The molecule has 7 heteroatoms. The van der Waals surface area contributed by atoms with Crippen LogP contribution >= 0.6 is 0 Å². The summed E-state index contributed by atoms with van der Waals surface area (Å²) in [6, 6.07) is 6.06. The molecule has 0 atom stereocenters. The van der Waals surface area contributed by atoms with Gasteiger partial charge in [-0.05, 0) is 31.4 Å². The summed E-state index contributed by atoms with van der Waals surface area (Å²) < 4.78 is 18.6. The fourth-order valence-electron chi connectivity index (χ4n) is 2.49. The van der Waals surface area contributed by atoms with Gasteiger partial charge in [-0.1, -0.05) is 12.1 Å². The van der Waals surface area contributed by atoms with E-state index in [4.69, 9.17) is 10.5 Å². The zero-order valence-corrected chi connectivity index (χ0v) is 13.0. The fraction of sp³-hybridized carbons (Fsp3) is 0.500. The maximum absolute atomic E-state index is 13.3. The van der Waals surface area contributed by atoms with E-state index >= 15 is 0 Å². The third-order valence-electron chi connectivity index (χ3n) is 3.88. The van der Waals surface area contributed by atoms with Gasteiger partial charge >= 0.3 is 6.03 Å². The average Bonchev–Trinajstić information content (AvgIpc) is 2.56. The van der Waals surface area contributed by atoms with Crippen molar-refractivity contribution in [2.75, 3.05) is 26.2 Å². The SMILES string of the molecule is NC(=O)C1CCN(C(=O)NCCCOc2ccccc2F)CC1. The number of likely N-dealkylation sites (tertiary alicyclic amines) is 1. The van der Waals surface area contributed by atoms with Gasteiger partial charge in [-0.25, -0.2) is 9.18 Å². The highest BCUT2D eigenvalue weighted by atomic mass is 19.1. The first-order chi connectivity index (χ1) is 11.1. The molecule has 1 aromatic rings. The van der Waals surface area contributed by atoms with E-state index in [1.165, 1.54) is 6.07 Å². The number of amides is 3. The van der Waals surface area contributed by atoms with Crippen LogP contribution in [-0.4, -0.2) is 43.1 Å². The van der Waals surface area contributed by atoms with Gasteiger partial charge in [-0.15, -0.1) is 0 Å². The first kappa shape index (κ1) is 17.1. The molecule has 0 radical (unpaired) electrons. The van der Waals surface area contributed by atoms with E-state index in [9.17, 15) is 14.0 Å². The Kier molecular flexibility index (Phi) is 6.19. The lowest BCUT2D eigenvalue weighted by Crippen LogP contribution is -2.46. The molecule has 23 heavy (non-hydrogen) atoms. The van der Waals surface area contributed by atoms with E-state index in [1.54, 1.807) is 23.1 Å². The maximum Gasteiger partial charge on any atom is 0.317 e. The Morgan fingerprint density at radius 3 is 2.65 bits per heavy atom. The van der Waals surface area contributed by atoms with Gasteiger partial charge in [0.2, 0.25) is 5.91 Å². The third kappa shape index (κ3) is 5.12. The second-order valence-electron chi connectivity index (χ2n) is 5.53. The van der Waals surface area contributed by atoms with Crippen molar-refractivity contribution in [3.05, 3.63) is 30.1 Å². The van der Waals surface area contributed by atoms with Crippen molar-refractivity contribution < 1.29 is 18.7 Å². The summed E-state index contributed by atoms with van der Waals surface area (Å²) in [5.74, 6) is -0.607. The molecule has 1 aliphatic rings. The minimum absolute atomic E-state index is 0.131. The van der Waals surface area contributed by atoms with E-state index in [1.807, 2.05) is 0 Å². The lowest BCUT2D eigenvalue weighted by atomic mass is 9.96. The van der Waals surface area contributed by atoms with Crippen LogP contribution in [0.25, 0.3) is 0 Å². The number of hydrogen-bond donors (Lipinski definition) is 2. The number of urea groups is 1. The second-order valence-corrected chi connectivity index (χ2v) is 5.53. The van der Waals surface area contributed by atoms with Crippen LogP contribution in [0.1, 0.15) is 19.3 Å². The zero-order valence-electron chi connectivity index (χ0n) is 13.0. The van der Waals surface area contributed by atoms with Crippen molar-refractivity contribution in [2.24, 2.45) is 11.7 Å². The first-order valence-corrected chi connectivity index (χ1v) is 7.77. The van der Waals surface area contributed by atoms with E-state index in [0.29, 0.717) is 45.5 Å². The van der Waals surface area contributed by atoms with Crippen LogP contribution in [0, 0.1) is 11.7 Å². The van der Waals surface area contributed by atoms with Gasteiger partial charge in [-0.2, -0.15) is 0 Å². The monoisotopic (exact) mass is 323 g/mol. The number of halogens is 1. The van der Waals surface area contributed by atoms with Crippen LogP contribution in [0.15, 0.2) is 24.3 Å². The maximum atomic E-state index is 13.3. The van der Waals surface area contributed by atoms with Crippen molar-refractivity contribution in [3.63, 3.8) is 0 Å². The lowest BCUT2D eigenvalue weighted by molar-refractivity contribution is -0.123. The normalized spacial score (nSPS) is 15.3. The lowest BCUT2D eigenvalue weighted by Gasteiger charge is -2.30. The Morgan fingerprint density at radius 2 is 2.00 bits per heavy atom. The summed E-state index contributed by atoms with van der Waals surface area (Å²) in [5.41, 5.74) is 5.26. The standard InChI is InChI=1S/C16H22FN3O3/c17-13-4-1-2-5-14(13)23-11-3-8-19-16(22)20-9-6-12(7-10-20)15(18)21/h1-2,4-5,12H,3,6-11H2,(H2,18,21)(H,19,22). The van der Waals surface area contributed by atoms with Gasteiger partial charge in [-0.3, -0.25) is 4.79 Å². The van der Waals surface area contributed by atoms with Gasteiger partial charge in [0.1, 0.15) is 0 Å². The number of primary amides is 1. The Bertz CT molecular complexity index is 545. The van der Waals surface area contributed by atoms with E-state index in [2.05, 4.69) is 5.32 Å². The molecule has 6 nitrogen and oxygen atoms in total. The summed E-state index contributed by atoms with van der Waals surface area (Å²) in [4.78, 5) is 24.7. The van der Waals surface area contributed by atoms with Crippen LogP contribution < -0.4 is 15.8 Å². The Labute approximate surface area is 134 Å². The number of piperidine rings is 1. The molecule has 3 amide bonds. The third-order valence-corrected chi connectivity index (χ3v) is 3.88. The van der Waals surface area contributed by atoms with Crippen molar-refractivity contribution in [3.8, 4) is 5.75 Å². The molecule has 1 heterocycles. The molecule has 0 aliphatic carbocycles. The minimum atomic E-state index is -0.395. The largest absolute Gasteiger partial charge is 0.490 e. The molecular weight excluding hydrogens is 301 g/mol. The number of carbonyl (C=O) groups excluding carboxylic acids is 2. The highest BCUT2D eigenvalue weighted by Gasteiger charge is 2.25. The predicted molar refractivity (Wildman–Crippen MR) is 83.4 cm³/mol. The molecule has 2 rings (SSSR count). The van der Waals surface area contributed by atoms with Gasteiger partial charge in [0, 0.05) is 25.6 Å². The number of ether oxygens (including phenoxy) is 1. The molecule has 0 unspecified atom stereocenters. The highest BCUT2D eigenvalue weighted by Crippen LogP contribution is 2.17. The first-order valence-electron chi connectivity index (χ1n) is 7.77. The van der Waals surface area contributed by atoms with Crippen molar-refractivity contribution in [1.82, 2.24) is 10.2 Å². The smallest absolute Gasteiger partial charge is 0.317 e. The second kappa shape index (κ2) is 8.36. The van der Waals surface area contributed by atoms with Crippen LogP contribution in [0.4, 0.5) is 9.18 Å². The molecule has 0 spiro atoms. The number of rotatable bonds is 6. The quantitative estimate of drug-likeness (QED) is 0.778. The minimum Gasteiger partial charge on any atom is -0.490 e. The number of nitrogens with one attached hydrogen (secondary N) is 1. The number of carbonyl (C=O) groups is 2. The predicted octanol–water partition coefficient (Wildman–Crippen LogP) is 1.50. The number of hydrogen-bond acceptors (Lipinski definition) is 3. The van der Waals surface area contributed by atoms with Crippen molar-refractivity contribution in [2.45, 2.75) is 19.3 Å². The Hall–Kier alpha value is -2.31. The van der Waals surface area contributed by atoms with E-state index in [0.717, 1.165) is 0 Å². The molecule has 3 N–H and O–H groups in total. The Balaban J connectivity index is 1.60. The molecule has 1 aliphatic heterocycles. The van der Waals surface area contributed by atoms with E-state index in [-0.39, 0.29) is 23.6 Å². The van der Waals surface area contributed by atoms with Crippen molar-refractivity contribution >= 4 is 11.9 Å². The molecule has 0 aromatic heterocycles. The van der Waals surface area contributed by atoms with Crippen LogP contribution in [0.5, 0.6) is 5.75 Å². The highest BCUT2D eigenvalue weighted by molar-refractivity contribution is 5.78. The summed E-state index contributed by atoms with van der Waals surface area (Å²) in [6.07, 6.45) is 1.80. The van der Waals surface area contributed by atoms with Gasteiger partial charge < -0.3 is 20.7 Å². The zero-order chi connectivity index (χ0) is 16.7. The topological polar surface area (TPSA) is 84.7 Å². The number of para-hydroxylation sites is 1. The summed E-state index contributed by atoms with van der Waals surface area (Å²) in [7, 11) is 0. The van der Waals surface area contributed by atoms with Crippen molar-refractivity contribution in [1.29, 1.82) is 0 Å². The number of benzene rings is 1. The fourth-order valence-corrected chi connectivity index (χ4v) is 2.49. The summed E-state index contributed by atoms with van der Waals surface area (Å²) in [5, 5.41) is 2.79. The average molecular weight is 323 g/mol. The molecule has 1 aromatic carbocycles. The molecule has 1 fully saturated rings. The number of nitrogens with two attached hydrogens (primary N) is 1. The number of nitrogens with zero attached hydrogens (tertiary/aromatic N) is 1. The van der Waals surface area contributed by atoms with Gasteiger partial charge in [0.05, 0.1) is 6.61 Å².